The van der Waals surface area contributed by atoms with Gasteiger partial charge < -0.3 is 10.0 Å². The number of rotatable bonds is 7. The first kappa shape index (κ1) is 22.5. The number of unbranched alkanes of at least 4 members (excludes halogenated alkanes) is 1. The molecule has 1 aromatic carbocycles. The van der Waals surface area contributed by atoms with Crippen molar-refractivity contribution >= 4 is 21.9 Å². The van der Waals surface area contributed by atoms with E-state index in [1.54, 1.807) is 23.1 Å². The van der Waals surface area contributed by atoms with Gasteiger partial charge >= 0.3 is 5.97 Å². The van der Waals surface area contributed by atoms with Crippen LogP contribution in [0.1, 0.15) is 38.2 Å². The van der Waals surface area contributed by atoms with Gasteiger partial charge in [-0.2, -0.15) is 4.31 Å². The van der Waals surface area contributed by atoms with E-state index in [2.05, 4.69) is 6.92 Å². The standard InChI is InChI=1S/C22H30N2O5S/c1-2-3-6-17-9-11-18(12-10-17)30(28,29)24-15-13-23(14-16-24)21(25)19-7-4-5-8-20(19)22(26)27/h4-5,9-12,19-20H,2-3,6-8,13-16H2,1H3,(H,26,27)/t19-,20+/m0/s1. The van der Waals surface area contributed by atoms with Crippen molar-refractivity contribution < 1.29 is 23.1 Å². The van der Waals surface area contributed by atoms with E-state index in [9.17, 15) is 23.1 Å². The molecule has 2 aliphatic rings. The monoisotopic (exact) mass is 434 g/mol. The summed E-state index contributed by atoms with van der Waals surface area (Å²) in [5.74, 6) is -2.44. The molecule has 1 aliphatic heterocycles. The van der Waals surface area contributed by atoms with Crippen LogP contribution in [0.5, 0.6) is 0 Å². The average Bonchev–Trinajstić information content (AvgIpc) is 2.77. The number of sulfonamides is 1. The summed E-state index contributed by atoms with van der Waals surface area (Å²) >= 11 is 0. The van der Waals surface area contributed by atoms with Crippen LogP contribution < -0.4 is 0 Å². The molecule has 1 aliphatic carbocycles. The molecule has 7 nitrogen and oxygen atoms in total. The Balaban J connectivity index is 1.62. The molecule has 2 atom stereocenters. The van der Waals surface area contributed by atoms with E-state index in [4.69, 9.17) is 0 Å². The van der Waals surface area contributed by atoms with Gasteiger partial charge in [-0.25, -0.2) is 8.42 Å². The highest BCUT2D eigenvalue weighted by molar-refractivity contribution is 7.89. The summed E-state index contributed by atoms with van der Waals surface area (Å²) in [5.41, 5.74) is 1.13. The molecule has 164 valence electrons. The lowest BCUT2D eigenvalue weighted by atomic mass is 9.82. The number of hydrogen-bond acceptors (Lipinski definition) is 4. The Morgan fingerprint density at radius 2 is 1.60 bits per heavy atom. The normalized spacial score (nSPS) is 22.8. The molecule has 1 amide bonds. The minimum absolute atomic E-state index is 0.191. The van der Waals surface area contributed by atoms with E-state index in [1.807, 2.05) is 18.2 Å². The second-order valence-corrected chi connectivity index (χ2v) is 9.91. The van der Waals surface area contributed by atoms with Crippen LogP contribution in [0.15, 0.2) is 41.3 Å². The Labute approximate surface area is 178 Å². The number of nitrogens with zero attached hydrogens (tertiary/aromatic N) is 2. The molecular weight excluding hydrogens is 404 g/mol. The Kier molecular flexibility index (Phi) is 7.31. The molecule has 0 radical (unpaired) electrons. The number of carbonyl (C=O) groups excluding carboxylic acids is 1. The zero-order valence-corrected chi connectivity index (χ0v) is 18.2. The zero-order chi connectivity index (χ0) is 21.7. The third kappa shape index (κ3) is 4.92. The second-order valence-electron chi connectivity index (χ2n) is 7.97. The molecule has 1 saturated heterocycles. The van der Waals surface area contributed by atoms with E-state index >= 15 is 0 Å². The maximum Gasteiger partial charge on any atom is 0.307 e. The molecule has 0 spiro atoms. The SMILES string of the molecule is CCCCc1ccc(S(=O)(=O)N2CCN(C(=O)[C@H]3CC=CC[C@H]3C(=O)O)CC2)cc1. The Morgan fingerprint density at radius 1 is 1.00 bits per heavy atom. The largest absolute Gasteiger partial charge is 0.481 e. The number of aliphatic carboxylic acids is 1. The van der Waals surface area contributed by atoms with Crippen LogP contribution in [0.25, 0.3) is 0 Å². The van der Waals surface area contributed by atoms with Crippen LogP contribution in [0.2, 0.25) is 0 Å². The van der Waals surface area contributed by atoms with Gasteiger partial charge in [0.05, 0.1) is 16.7 Å². The van der Waals surface area contributed by atoms with Crippen molar-refractivity contribution in [2.24, 2.45) is 11.8 Å². The molecule has 8 heteroatoms. The molecule has 30 heavy (non-hydrogen) atoms. The van der Waals surface area contributed by atoms with Gasteiger partial charge in [0.15, 0.2) is 0 Å². The van der Waals surface area contributed by atoms with Crippen LogP contribution in [-0.4, -0.2) is 60.8 Å². The first-order valence-corrected chi connectivity index (χ1v) is 12.0. The third-order valence-corrected chi connectivity index (χ3v) is 7.91. The van der Waals surface area contributed by atoms with Gasteiger partial charge in [-0.3, -0.25) is 9.59 Å². The quantitative estimate of drug-likeness (QED) is 0.666. The lowest BCUT2D eigenvalue weighted by Gasteiger charge is -2.37. The summed E-state index contributed by atoms with van der Waals surface area (Å²) < 4.78 is 27.3. The minimum Gasteiger partial charge on any atom is -0.481 e. The molecule has 0 unspecified atom stereocenters. The predicted octanol–water partition coefficient (Wildman–Crippen LogP) is 2.53. The van der Waals surface area contributed by atoms with Crippen molar-refractivity contribution in [3.63, 3.8) is 0 Å². The lowest BCUT2D eigenvalue weighted by Crippen LogP contribution is -2.53. The fourth-order valence-electron chi connectivity index (χ4n) is 4.10. The van der Waals surface area contributed by atoms with Gasteiger partial charge in [0.2, 0.25) is 15.9 Å². The fourth-order valence-corrected chi connectivity index (χ4v) is 5.52. The third-order valence-electron chi connectivity index (χ3n) is 6.00. The molecule has 1 N–H and O–H groups in total. The van der Waals surface area contributed by atoms with Gasteiger partial charge in [-0.15, -0.1) is 0 Å². The maximum absolute atomic E-state index is 13.0. The topological polar surface area (TPSA) is 95.0 Å². The summed E-state index contributed by atoms with van der Waals surface area (Å²) in [6.45, 7) is 3.10. The van der Waals surface area contributed by atoms with E-state index in [-0.39, 0.29) is 37.0 Å². The molecule has 0 aromatic heterocycles. The van der Waals surface area contributed by atoms with Crippen molar-refractivity contribution in [1.29, 1.82) is 0 Å². The van der Waals surface area contributed by atoms with Gasteiger partial charge in [-0.05, 0) is 43.4 Å². The molecule has 1 aromatic rings. The molecule has 0 saturated carbocycles. The van der Waals surface area contributed by atoms with Crippen LogP contribution in [0.3, 0.4) is 0 Å². The van der Waals surface area contributed by atoms with Crippen molar-refractivity contribution in [3.8, 4) is 0 Å². The molecule has 3 rings (SSSR count). The van der Waals surface area contributed by atoms with Gasteiger partial charge in [0.25, 0.3) is 0 Å². The van der Waals surface area contributed by atoms with E-state index in [1.165, 1.54) is 4.31 Å². The van der Waals surface area contributed by atoms with Crippen LogP contribution in [0, 0.1) is 11.8 Å². The highest BCUT2D eigenvalue weighted by Gasteiger charge is 2.38. The van der Waals surface area contributed by atoms with Crippen LogP contribution >= 0.6 is 0 Å². The number of hydrogen-bond donors (Lipinski definition) is 1. The van der Waals surface area contributed by atoms with Gasteiger partial charge in [0.1, 0.15) is 0 Å². The first-order valence-electron chi connectivity index (χ1n) is 10.6. The maximum atomic E-state index is 13.0. The molecular formula is C22H30N2O5S. The lowest BCUT2D eigenvalue weighted by molar-refractivity contribution is -0.151. The van der Waals surface area contributed by atoms with E-state index in [0.717, 1.165) is 24.8 Å². The van der Waals surface area contributed by atoms with Crippen molar-refractivity contribution in [2.75, 3.05) is 26.2 Å². The predicted molar refractivity (Wildman–Crippen MR) is 113 cm³/mol. The summed E-state index contributed by atoms with van der Waals surface area (Å²) in [6.07, 6.45) is 7.53. The number of allylic oxidation sites excluding steroid dienone is 2. The highest BCUT2D eigenvalue weighted by Crippen LogP contribution is 2.28. The van der Waals surface area contributed by atoms with Gasteiger partial charge in [-0.1, -0.05) is 37.6 Å². The fraction of sp³-hybridized carbons (Fsp3) is 0.545. The van der Waals surface area contributed by atoms with E-state index < -0.39 is 27.8 Å². The highest BCUT2D eigenvalue weighted by atomic mass is 32.2. The van der Waals surface area contributed by atoms with Crippen molar-refractivity contribution in [2.45, 2.75) is 43.9 Å². The van der Waals surface area contributed by atoms with Crippen molar-refractivity contribution in [3.05, 3.63) is 42.0 Å². The Hall–Kier alpha value is -2.19. The zero-order valence-electron chi connectivity index (χ0n) is 17.4. The first-order chi connectivity index (χ1) is 14.3. The summed E-state index contributed by atoms with van der Waals surface area (Å²) in [4.78, 5) is 26.2. The Bertz CT molecular complexity index is 887. The minimum atomic E-state index is -3.61. The number of benzene rings is 1. The number of carboxylic acid groups (broad SMARTS) is 1. The van der Waals surface area contributed by atoms with Crippen LogP contribution in [-0.2, 0) is 26.0 Å². The molecule has 1 heterocycles. The summed E-state index contributed by atoms with van der Waals surface area (Å²) in [7, 11) is -3.61. The number of piperazine rings is 1. The number of amides is 1. The number of aryl methyl sites for hydroxylation is 1. The van der Waals surface area contributed by atoms with Gasteiger partial charge in [0, 0.05) is 26.2 Å². The van der Waals surface area contributed by atoms with Crippen LogP contribution in [0.4, 0.5) is 0 Å². The smallest absolute Gasteiger partial charge is 0.307 e. The summed E-state index contributed by atoms with van der Waals surface area (Å²) in [5, 5.41) is 9.41. The second kappa shape index (κ2) is 9.75. The van der Waals surface area contributed by atoms with Crippen molar-refractivity contribution in [1.82, 2.24) is 9.21 Å². The number of carbonyl (C=O) groups is 2. The average molecular weight is 435 g/mol. The van der Waals surface area contributed by atoms with E-state index in [0.29, 0.717) is 12.8 Å². The number of carboxylic acids is 1. The molecule has 0 bridgehead atoms. The summed E-state index contributed by atoms with van der Waals surface area (Å²) in [6, 6.07) is 7.04. The Morgan fingerprint density at radius 3 is 2.17 bits per heavy atom. The molecule has 1 fully saturated rings.